The number of halogens is 1. The molecular weight excluding hydrogens is 762 g/mol. The number of hydrogen-bond donors (Lipinski definition) is 4. The molecule has 2 bridgehead atoms. The van der Waals surface area contributed by atoms with E-state index in [1.165, 1.54) is 29.4 Å². The largest absolute Gasteiger partial charge is 0.495 e. The van der Waals surface area contributed by atoms with E-state index in [-0.39, 0.29) is 36.6 Å². The second-order valence-corrected chi connectivity index (χ2v) is 18.4. The fourth-order valence-electron chi connectivity index (χ4n) is 8.78. The maximum atomic E-state index is 14.7. The number of aromatic nitrogens is 3. The first-order valence-electron chi connectivity index (χ1n) is 18.9. The quantitative estimate of drug-likeness (QED) is 0.167. The number of hydrogen-bond acceptors (Lipinski definition) is 12. The predicted octanol–water partition coefficient (Wildman–Crippen LogP) is 5.13. The number of anilines is 1. The molecule has 298 valence electrons. The number of benzene rings is 1. The highest BCUT2D eigenvalue weighted by molar-refractivity contribution is 7.18. The van der Waals surface area contributed by atoms with E-state index >= 15 is 0 Å². The molecule has 5 aliphatic carbocycles. The SMILES string of the molecule is C=C[C@@H]1C[C@]1(NC(=O)[C@@H]1C[C@@H](Oc2cc(-c3nnc(NC(C)C)s3)nc3c(Cl)c(OC)ccc23)CN1C(=O)[C@@H](NC(=O)O[C@@H]1CC2C3C1[C@H]23)C(C)(C)C)C(=O)O. The van der Waals surface area contributed by atoms with Crippen molar-refractivity contribution in [1.82, 2.24) is 30.7 Å². The van der Waals surface area contributed by atoms with E-state index in [0.29, 0.717) is 61.9 Å². The molecule has 3 aromatic rings. The van der Waals surface area contributed by atoms with Crippen LogP contribution in [0.4, 0.5) is 9.93 Å². The Hall–Kier alpha value is -4.70. The van der Waals surface area contributed by atoms with Crippen LogP contribution in [0.2, 0.25) is 5.02 Å². The number of aliphatic carboxylic acids is 1. The minimum absolute atomic E-state index is 0.0194. The predicted molar refractivity (Wildman–Crippen MR) is 208 cm³/mol. The number of carboxylic acid groups (broad SMARTS) is 1. The highest BCUT2D eigenvalue weighted by Crippen LogP contribution is 2.82. The molecule has 5 saturated carbocycles. The number of nitrogens with one attached hydrogen (secondary N) is 3. The van der Waals surface area contributed by atoms with Crippen LogP contribution >= 0.6 is 22.9 Å². The molecule has 2 aromatic heterocycles. The Bertz CT molecular complexity index is 2120. The lowest BCUT2D eigenvalue weighted by Crippen LogP contribution is -2.59. The molecule has 10 atom stereocenters. The number of alkyl carbamates (subject to hydrolysis) is 1. The summed E-state index contributed by atoms with van der Waals surface area (Å²) in [6, 6.07) is 3.09. The number of carbonyl (C=O) groups excluding carboxylic acids is 3. The highest BCUT2D eigenvalue weighted by Gasteiger charge is 2.81. The number of amides is 3. The Morgan fingerprint density at radius 2 is 1.88 bits per heavy atom. The van der Waals surface area contributed by atoms with Gasteiger partial charge in [0.25, 0.3) is 0 Å². The Kier molecular flexibility index (Phi) is 9.37. The normalized spacial score (nSPS) is 30.0. The van der Waals surface area contributed by atoms with Gasteiger partial charge < -0.3 is 40.2 Å². The zero-order chi connectivity index (χ0) is 40.0. The van der Waals surface area contributed by atoms with Crippen molar-refractivity contribution in [2.75, 3.05) is 19.0 Å². The van der Waals surface area contributed by atoms with Gasteiger partial charge >= 0.3 is 12.1 Å². The summed E-state index contributed by atoms with van der Waals surface area (Å²) in [5.41, 5.74) is -1.50. The lowest BCUT2D eigenvalue weighted by Gasteiger charge is -2.35. The smallest absolute Gasteiger partial charge is 0.408 e. The van der Waals surface area contributed by atoms with Crippen LogP contribution in [0.25, 0.3) is 21.6 Å². The Balaban J connectivity index is 1.10. The minimum atomic E-state index is -1.53. The fourth-order valence-corrected chi connectivity index (χ4v) is 9.92. The first-order chi connectivity index (χ1) is 26.5. The van der Waals surface area contributed by atoms with E-state index < -0.39 is 58.9 Å². The van der Waals surface area contributed by atoms with Crippen molar-refractivity contribution in [2.45, 2.75) is 89.8 Å². The summed E-state index contributed by atoms with van der Waals surface area (Å²) in [6.07, 6.45) is 0.978. The monoisotopic (exact) mass is 807 g/mol. The minimum Gasteiger partial charge on any atom is -0.495 e. The molecule has 1 saturated heterocycles. The Morgan fingerprint density at radius 3 is 2.48 bits per heavy atom. The summed E-state index contributed by atoms with van der Waals surface area (Å²) in [5.74, 6) is 0.388. The molecule has 1 aromatic carbocycles. The Labute approximate surface area is 332 Å². The molecular formula is C39H46ClN7O8S. The van der Waals surface area contributed by atoms with E-state index in [1.807, 2.05) is 34.6 Å². The lowest BCUT2D eigenvalue weighted by molar-refractivity contribution is -0.146. The molecule has 56 heavy (non-hydrogen) atoms. The van der Waals surface area contributed by atoms with E-state index in [4.69, 9.17) is 30.8 Å². The summed E-state index contributed by atoms with van der Waals surface area (Å²) in [6.45, 7) is 13.1. The van der Waals surface area contributed by atoms with Gasteiger partial charge in [0.2, 0.25) is 16.9 Å². The molecule has 1 aliphatic heterocycles. The number of likely N-dealkylation sites (tertiary alicyclic amines) is 1. The standard InChI is InChI=1S/C39H46ClN7O8S/c1-8-17-14-39(17,35(50)51)44-32(48)22-11-18(15-47(22)34(49)31(38(4,5)6)43-37(52)55-25-12-20-26-27(20)28(25)26)54-24-13-21(33-45-46-36(56-33)41-16(2)3)42-30-19(24)9-10-23(53-7)29(30)40/h8-10,13,16-18,20,22,25-28,31H,1,11-12,14-15H2,2-7H3,(H,41,46)(H,43,52)(H,44,48)(H,50,51)/t17-,18-,20?,22+,25-,26-,27?,28?,31-,39-/m1/s1. The van der Waals surface area contributed by atoms with Gasteiger partial charge in [-0.2, -0.15) is 0 Å². The van der Waals surface area contributed by atoms with Crippen molar-refractivity contribution < 1.29 is 38.5 Å². The van der Waals surface area contributed by atoms with E-state index in [2.05, 4.69) is 32.7 Å². The summed E-state index contributed by atoms with van der Waals surface area (Å²) < 4.78 is 18.0. The van der Waals surface area contributed by atoms with Crippen molar-refractivity contribution >= 4 is 62.8 Å². The van der Waals surface area contributed by atoms with Gasteiger partial charge in [-0.15, -0.1) is 16.8 Å². The third-order valence-electron chi connectivity index (χ3n) is 11.9. The van der Waals surface area contributed by atoms with Crippen molar-refractivity contribution in [3.63, 3.8) is 0 Å². The number of carbonyl (C=O) groups is 4. The first-order valence-corrected chi connectivity index (χ1v) is 20.1. The van der Waals surface area contributed by atoms with Gasteiger partial charge in [-0.1, -0.05) is 49.8 Å². The molecule has 3 amide bonds. The molecule has 3 heterocycles. The van der Waals surface area contributed by atoms with Crippen molar-refractivity contribution in [2.24, 2.45) is 35.0 Å². The summed E-state index contributed by atoms with van der Waals surface area (Å²) in [4.78, 5) is 60.7. The zero-order valence-electron chi connectivity index (χ0n) is 32.0. The summed E-state index contributed by atoms with van der Waals surface area (Å²) in [7, 11) is 1.50. The maximum absolute atomic E-state index is 14.7. The summed E-state index contributed by atoms with van der Waals surface area (Å²) >= 11 is 8.11. The molecule has 17 heteroatoms. The fraction of sp³-hybridized carbons (Fsp3) is 0.564. The van der Waals surface area contributed by atoms with E-state index in [0.717, 1.165) is 6.42 Å². The van der Waals surface area contributed by atoms with Gasteiger partial charge in [0.1, 0.15) is 52.0 Å². The number of pyridine rings is 1. The zero-order valence-corrected chi connectivity index (χ0v) is 33.6. The van der Waals surface area contributed by atoms with Crippen LogP contribution in [0.5, 0.6) is 11.5 Å². The second-order valence-electron chi connectivity index (χ2n) is 17.0. The molecule has 6 aliphatic rings. The Morgan fingerprint density at radius 1 is 1.12 bits per heavy atom. The molecule has 4 N–H and O–H groups in total. The van der Waals surface area contributed by atoms with Crippen molar-refractivity contribution in [3.05, 3.63) is 35.9 Å². The number of methoxy groups -OCH3 is 1. The number of rotatable bonds is 13. The molecule has 0 spiro atoms. The topological polar surface area (TPSA) is 194 Å². The molecule has 3 unspecified atom stereocenters. The lowest BCUT2D eigenvalue weighted by atomic mass is 9.85. The van der Waals surface area contributed by atoms with E-state index in [1.54, 1.807) is 18.2 Å². The molecule has 9 rings (SSSR count). The number of ether oxygens (including phenoxy) is 3. The third-order valence-corrected chi connectivity index (χ3v) is 13.1. The van der Waals surface area contributed by atoms with Crippen LogP contribution < -0.4 is 25.4 Å². The van der Waals surface area contributed by atoms with E-state index in [9.17, 15) is 24.3 Å². The maximum Gasteiger partial charge on any atom is 0.408 e. The molecule has 15 nitrogen and oxygen atoms in total. The van der Waals surface area contributed by atoms with Crippen LogP contribution in [-0.2, 0) is 19.1 Å². The second kappa shape index (κ2) is 13.7. The first kappa shape index (κ1) is 38.2. The number of nitrogens with zero attached hydrogens (tertiary/aromatic N) is 4. The summed E-state index contributed by atoms with van der Waals surface area (Å²) in [5, 5.41) is 29.4. The number of carboxylic acids is 1. The highest BCUT2D eigenvalue weighted by atomic mass is 35.5. The van der Waals surface area contributed by atoms with Gasteiger partial charge in [-0.3, -0.25) is 9.59 Å². The van der Waals surface area contributed by atoms with Crippen LogP contribution in [0.3, 0.4) is 0 Å². The van der Waals surface area contributed by atoms with Gasteiger partial charge in [-0.05, 0) is 62.0 Å². The third kappa shape index (κ3) is 6.67. The van der Waals surface area contributed by atoms with Crippen molar-refractivity contribution in [3.8, 4) is 22.2 Å². The van der Waals surface area contributed by atoms with Crippen LogP contribution in [-0.4, -0.2) is 98.6 Å². The molecule has 0 radical (unpaired) electrons. The average molecular weight is 808 g/mol. The molecule has 6 fully saturated rings. The van der Waals surface area contributed by atoms with Gasteiger partial charge in [0.05, 0.1) is 19.2 Å². The number of fused-ring (bicyclic) bond motifs is 2. The van der Waals surface area contributed by atoms with Crippen LogP contribution in [0.15, 0.2) is 30.9 Å². The van der Waals surface area contributed by atoms with Crippen LogP contribution in [0.1, 0.15) is 53.9 Å². The van der Waals surface area contributed by atoms with Gasteiger partial charge in [0, 0.05) is 35.8 Å². The van der Waals surface area contributed by atoms with Gasteiger partial charge in [0.15, 0.2) is 5.01 Å². The van der Waals surface area contributed by atoms with Gasteiger partial charge in [-0.25, -0.2) is 14.6 Å². The van der Waals surface area contributed by atoms with Crippen molar-refractivity contribution in [1.29, 1.82) is 0 Å². The van der Waals surface area contributed by atoms with Crippen LogP contribution in [0, 0.1) is 35.0 Å². The average Bonchev–Trinajstić information content (AvgIpc) is 3.99.